The molecule has 4 heteroatoms. The predicted molar refractivity (Wildman–Crippen MR) is 77.9 cm³/mol. The number of para-hydroxylation sites is 1. The summed E-state index contributed by atoms with van der Waals surface area (Å²) in [5, 5.41) is 11.7. The molecule has 0 aromatic heterocycles. The van der Waals surface area contributed by atoms with E-state index in [1.54, 1.807) is 6.07 Å². The third-order valence-corrected chi connectivity index (χ3v) is 2.85. The van der Waals surface area contributed by atoms with E-state index >= 15 is 0 Å². The van der Waals surface area contributed by atoms with Gasteiger partial charge in [-0.15, -0.1) is 0 Å². The minimum Gasteiger partial charge on any atom is -0.490 e. The van der Waals surface area contributed by atoms with Crippen molar-refractivity contribution in [2.75, 3.05) is 13.2 Å². The smallest absolute Gasteiger partial charge is 0.165 e. The van der Waals surface area contributed by atoms with Crippen molar-refractivity contribution < 1.29 is 9.13 Å². The summed E-state index contributed by atoms with van der Waals surface area (Å²) in [6.07, 6.45) is 2.07. The minimum absolute atomic E-state index is 0.325. The third-order valence-electron chi connectivity index (χ3n) is 2.85. The monoisotopic (exact) mass is 278 g/mol. The molecule has 0 aliphatic carbocycles. The molecule has 0 unspecified atom stereocenters. The fourth-order valence-corrected chi connectivity index (χ4v) is 1.83. The van der Waals surface area contributed by atoms with E-state index in [2.05, 4.69) is 25.2 Å². The van der Waals surface area contributed by atoms with Gasteiger partial charge < -0.3 is 10.1 Å². The number of hydrogen-bond acceptors (Lipinski definition) is 3. The molecule has 0 aliphatic rings. The zero-order valence-electron chi connectivity index (χ0n) is 12.3. The van der Waals surface area contributed by atoms with Crippen molar-refractivity contribution in [3.05, 3.63) is 29.6 Å². The largest absolute Gasteiger partial charge is 0.490 e. The Morgan fingerprint density at radius 2 is 2.15 bits per heavy atom. The van der Waals surface area contributed by atoms with Crippen LogP contribution < -0.4 is 10.1 Å². The Hall–Kier alpha value is -1.60. The van der Waals surface area contributed by atoms with E-state index in [9.17, 15) is 4.39 Å². The maximum atomic E-state index is 13.8. The van der Waals surface area contributed by atoms with Crippen LogP contribution in [0.2, 0.25) is 0 Å². The van der Waals surface area contributed by atoms with Gasteiger partial charge in [0, 0.05) is 18.5 Å². The predicted octanol–water partition coefficient (Wildman–Crippen LogP) is 3.64. The number of nitriles is 1. The van der Waals surface area contributed by atoms with Crippen molar-refractivity contribution in [1.29, 1.82) is 5.26 Å². The van der Waals surface area contributed by atoms with Crippen molar-refractivity contribution in [2.45, 2.75) is 39.7 Å². The normalized spacial score (nSPS) is 10.6. The van der Waals surface area contributed by atoms with Crippen LogP contribution in [-0.2, 0) is 6.54 Å². The Labute approximate surface area is 120 Å². The molecular weight excluding hydrogens is 255 g/mol. The van der Waals surface area contributed by atoms with Crippen LogP contribution in [0, 0.1) is 23.1 Å². The number of hydrogen-bond donors (Lipinski definition) is 1. The standard InChI is InChI=1S/C16H23FN2O/c1-13(2)11-19-12-14-7-6-8-15(17)16(14)20-10-5-3-4-9-18/h6-8,13,19H,3-5,10-12H2,1-2H3. The van der Waals surface area contributed by atoms with Gasteiger partial charge in [0.1, 0.15) is 0 Å². The maximum absolute atomic E-state index is 13.8. The number of ether oxygens (including phenoxy) is 1. The number of halogens is 1. The van der Waals surface area contributed by atoms with E-state index in [1.165, 1.54) is 6.07 Å². The fraction of sp³-hybridized carbons (Fsp3) is 0.562. The second kappa shape index (κ2) is 9.33. The Bertz CT molecular complexity index is 441. The van der Waals surface area contributed by atoms with Crippen LogP contribution in [0.1, 0.15) is 38.7 Å². The Morgan fingerprint density at radius 1 is 1.35 bits per heavy atom. The average molecular weight is 278 g/mol. The Morgan fingerprint density at radius 3 is 2.85 bits per heavy atom. The first-order chi connectivity index (χ1) is 9.65. The molecule has 0 spiro atoms. The highest BCUT2D eigenvalue weighted by Gasteiger charge is 2.09. The SMILES string of the molecule is CC(C)CNCc1cccc(F)c1OCCCCC#N. The van der Waals surface area contributed by atoms with E-state index in [4.69, 9.17) is 10.00 Å². The molecular formula is C16H23FN2O. The summed E-state index contributed by atoms with van der Waals surface area (Å²) in [6.45, 7) is 6.19. The molecule has 0 saturated heterocycles. The lowest BCUT2D eigenvalue weighted by molar-refractivity contribution is 0.288. The zero-order chi connectivity index (χ0) is 14.8. The van der Waals surface area contributed by atoms with Crippen molar-refractivity contribution in [3.63, 3.8) is 0 Å². The topological polar surface area (TPSA) is 45.0 Å². The first kappa shape index (κ1) is 16.5. The van der Waals surface area contributed by atoms with Gasteiger partial charge in [-0.2, -0.15) is 5.26 Å². The van der Waals surface area contributed by atoms with Crippen LogP contribution in [-0.4, -0.2) is 13.2 Å². The second-order valence-corrected chi connectivity index (χ2v) is 5.22. The molecule has 20 heavy (non-hydrogen) atoms. The molecule has 0 radical (unpaired) electrons. The highest BCUT2D eigenvalue weighted by molar-refractivity contribution is 5.34. The van der Waals surface area contributed by atoms with Crippen molar-refractivity contribution in [2.24, 2.45) is 5.92 Å². The first-order valence-electron chi connectivity index (χ1n) is 7.13. The highest BCUT2D eigenvalue weighted by Crippen LogP contribution is 2.23. The zero-order valence-corrected chi connectivity index (χ0v) is 12.3. The summed E-state index contributed by atoms with van der Waals surface area (Å²) in [4.78, 5) is 0. The molecule has 0 heterocycles. The lowest BCUT2D eigenvalue weighted by atomic mass is 10.1. The van der Waals surface area contributed by atoms with Gasteiger partial charge in [0.2, 0.25) is 0 Å². The molecule has 1 N–H and O–H groups in total. The molecule has 0 bridgehead atoms. The molecule has 0 fully saturated rings. The van der Waals surface area contributed by atoms with E-state index in [0.717, 1.165) is 24.9 Å². The molecule has 1 aromatic carbocycles. The van der Waals surface area contributed by atoms with Crippen LogP contribution >= 0.6 is 0 Å². The fourth-order valence-electron chi connectivity index (χ4n) is 1.83. The molecule has 110 valence electrons. The molecule has 1 aromatic rings. The van der Waals surface area contributed by atoms with E-state index in [1.807, 2.05) is 6.07 Å². The number of nitrogens with one attached hydrogen (secondary N) is 1. The van der Waals surface area contributed by atoms with E-state index in [0.29, 0.717) is 31.2 Å². The van der Waals surface area contributed by atoms with Crippen LogP contribution in [0.25, 0.3) is 0 Å². The van der Waals surface area contributed by atoms with Crippen LogP contribution in [0.15, 0.2) is 18.2 Å². The lowest BCUT2D eigenvalue weighted by Crippen LogP contribution is -2.19. The van der Waals surface area contributed by atoms with Gasteiger partial charge in [-0.3, -0.25) is 0 Å². The summed E-state index contributed by atoms with van der Waals surface area (Å²) in [5.74, 6) is 0.564. The summed E-state index contributed by atoms with van der Waals surface area (Å²) in [7, 11) is 0. The average Bonchev–Trinajstić information content (AvgIpc) is 2.40. The Balaban J connectivity index is 2.52. The van der Waals surface area contributed by atoms with Crippen molar-refractivity contribution in [1.82, 2.24) is 5.32 Å². The number of unbranched alkanes of at least 4 members (excludes halogenated alkanes) is 2. The van der Waals surface area contributed by atoms with Gasteiger partial charge in [0.25, 0.3) is 0 Å². The first-order valence-corrected chi connectivity index (χ1v) is 7.13. The lowest BCUT2D eigenvalue weighted by Gasteiger charge is -2.13. The summed E-state index contributed by atoms with van der Waals surface area (Å²) in [5.41, 5.74) is 0.839. The van der Waals surface area contributed by atoms with E-state index < -0.39 is 0 Å². The van der Waals surface area contributed by atoms with Crippen molar-refractivity contribution >= 4 is 0 Å². The number of benzene rings is 1. The summed E-state index contributed by atoms with van der Waals surface area (Å²) >= 11 is 0. The molecule has 0 aliphatic heterocycles. The molecule has 0 saturated carbocycles. The third kappa shape index (κ3) is 6.03. The van der Waals surface area contributed by atoms with Crippen molar-refractivity contribution in [3.8, 4) is 11.8 Å². The highest BCUT2D eigenvalue weighted by atomic mass is 19.1. The van der Waals surface area contributed by atoms with Gasteiger partial charge in [-0.05, 0) is 31.4 Å². The van der Waals surface area contributed by atoms with Gasteiger partial charge in [-0.25, -0.2) is 4.39 Å². The number of rotatable bonds is 9. The molecule has 0 atom stereocenters. The van der Waals surface area contributed by atoms with Crippen LogP contribution in [0.4, 0.5) is 4.39 Å². The van der Waals surface area contributed by atoms with Crippen LogP contribution in [0.3, 0.4) is 0 Å². The van der Waals surface area contributed by atoms with E-state index in [-0.39, 0.29) is 5.82 Å². The Kier molecular flexibility index (Phi) is 7.67. The van der Waals surface area contributed by atoms with Gasteiger partial charge in [0.15, 0.2) is 11.6 Å². The molecule has 0 amide bonds. The van der Waals surface area contributed by atoms with Crippen LogP contribution in [0.5, 0.6) is 5.75 Å². The number of nitrogens with zero attached hydrogens (tertiary/aromatic N) is 1. The maximum Gasteiger partial charge on any atom is 0.165 e. The summed E-state index contributed by atoms with van der Waals surface area (Å²) in [6, 6.07) is 7.08. The molecule has 3 nitrogen and oxygen atoms in total. The van der Waals surface area contributed by atoms with Gasteiger partial charge in [-0.1, -0.05) is 26.0 Å². The second-order valence-electron chi connectivity index (χ2n) is 5.22. The summed E-state index contributed by atoms with van der Waals surface area (Å²) < 4.78 is 19.4. The minimum atomic E-state index is -0.325. The molecule has 1 rings (SSSR count). The van der Waals surface area contributed by atoms with Gasteiger partial charge in [0.05, 0.1) is 12.7 Å². The van der Waals surface area contributed by atoms with Gasteiger partial charge >= 0.3 is 0 Å². The quantitative estimate of drug-likeness (QED) is 0.701.